The fraction of sp³-hybridized carbons (Fsp3) is 0.321. The summed E-state index contributed by atoms with van der Waals surface area (Å²) < 4.78 is 41.8. The van der Waals surface area contributed by atoms with Gasteiger partial charge in [-0.1, -0.05) is 30.3 Å². The molecule has 0 N–H and O–H groups in total. The van der Waals surface area contributed by atoms with Gasteiger partial charge in [0.1, 0.15) is 5.82 Å². The van der Waals surface area contributed by atoms with Gasteiger partial charge in [0.15, 0.2) is 11.5 Å². The molecule has 2 atom stereocenters. The lowest BCUT2D eigenvalue weighted by atomic mass is 10.0. The minimum absolute atomic E-state index is 0.111. The van der Waals surface area contributed by atoms with Crippen LogP contribution in [0, 0.1) is 5.82 Å². The molecule has 0 bridgehead atoms. The zero-order valence-electron chi connectivity index (χ0n) is 20.6. The van der Waals surface area contributed by atoms with E-state index in [-0.39, 0.29) is 23.3 Å². The molecule has 1 unspecified atom stereocenters. The van der Waals surface area contributed by atoms with Crippen LogP contribution in [-0.2, 0) is 10.8 Å². The molecule has 1 saturated carbocycles. The average Bonchev–Trinajstić information content (AvgIpc) is 3.65. The lowest BCUT2D eigenvalue weighted by molar-refractivity contribution is 0.310. The molecule has 0 spiro atoms. The van der Waals surface area contributed by atoms with Crippen molar-refractivity contribution in [3.63, 3.8) is 0 Å². The molecule has 188 valence electrons. The molecule has 3 aromatic carbocycles. The smallest absolute Gasteiger partial charge is 0.329 e. The Balaban J connectivity index is 1.72. The van der Waals surface area contributed by atoms with Crippen LogP contribution in [0.25, 0.3) is 22.2 Å². The molecular formula is C28H29FN2O4S. The largest absolute Gasteiger partial charge is 0.493 e. The van der Waals surface area contributed by atoms with Crippen molar-refractivity contribution in [1.29, 1.82) is 0 Å². The Hall–Kier alpha value is -3.39. The van der Waals surface area contributed by atoms with Crippen LogP contribution in [0.4, 0.5) is 4.39 Å². The second kappa shape index (κ2) is 9.93. The zero-order valence-corrected chi connectivity index (χ0v) is 21.4. The molecule has 1 fully saturated rings. The van der Waals surface area contributed by atoms with E-state index in [0.717, 1.165) is 29.4 Å². The van der Waals surface area contributed by atoms with E-state index >= 15 is 0 Å². The Labute approximate surface area is 211 Å². The molecule has 0 radical (unpaired) electrons. The number of benzene rings is 3. The zero-order chi connectivity index (χ0) is 25.4. The standard InChI is InChI=1S/C28H29FN2O4S/c1-4-35-27-16-19(10-14-26(27)34-2)25(17-36(3)33)31-23-13-9-18(21-7-5-6-8-22(21)29)15-24(23)30(28(31)32)20-11-12-20/h5-10,13-16,20,25H,4,11-12,17H2,1-3H3/t25-,36?/m0/s1. The Morgan fingerprint density at radius 1 is 1.06 bits per heavy atom. The van der Waals surface area contributed by atoms with Gasteiger partial charge >= 0.3 is 5.69 Å². The highest BCUT2D eigenvalue weighted by molar-refractivity contribution is 7.84. The predicted octanol–water partition coefficient (Wildman–Crippen LogP) is 5.32. The van der Waals surface area contributed by atoms with E-state index < -0.39 is 16.8 Å². The highest BCUT2D eigenvalue weighted by atomic mass is 32.2. The normalized spacial score (nSPS) is 15.1. The lowest BCUT2D eigenvalue weighted by Gasteiger charge is -2.20. The van der Waals surface area contributed by atoms with Crippen LogP contribution in [0.2, 0.25) is 0 Å². The molecule has 6 nitrogen and oxygen atoms in total. The van der Waals surface area contributed by atoms with Crippen LogP contribution in [0.1, 0.15) is 37.4 Å². The fourth-order valence-electron chi connectivity index (χ4n) is 4.80. The summed E-state index contributed by atoms with van der Waals surface area (Å²) in [6, 6.07) is 17.4. The summed E-state index contributed by atoms with van der Waals surface area (Å²) in [5.74, 6) is 1.12. The summed E-state index contributed by atoms with van der Waals surface area (Å²) in [4.78, 5) is 13.9. The third kappa shape index (κ3) is 4.46. The first kappa shape index (κ1) is 24.3. The Morgan fingerprint density at radius 3 is 2.50 bits per heavy atom. The van der Waals surface area contributed by atoms with Crippen LogP contribution in [0.15, 0.2) is 65.5 Å². The summed E-state index contributed by atoms with van der Waals surface area (Å²) in [6.07, 6.45) is 3.48. The van der Waals surface area contributed by atoms with Crippen molar-refractivity contribution in [1.82, 2.24) is 9.13 Å². The van der Waals surface area contributed by atoms with Gasteiger partial charge in [-0.3, -0.25) is 13.3 Å². The van der Waals surface area contributed by atoms with E-state index in [1.54, 1.807) is 36.1 Å². The van der Waals surface area contributed by atoms with Gasteiger partial charge in [-0.25, -0.2) is 9.18 Å². The molecule has 4 aromatic rings. The fourth-order valence-corrected chi connectivity index (χ4v) is 5.59. The van der Waals surface area contributed by atoms with E-state index in [1.165, 1.54) is 6.07 Å². The Kier molecular flexibility index (Phi) is 6.71. The number of imidazole rings is 1. The Bertz CT molecular complexity index is 1510. The summed E-state index contributed by atoms with van der Waals surface area (Å²) in [6.45, 7) is 2.36. The number of aromatic nitrogens is 2. The van der Waals surface area contributed by atoms with Gasteiger partial charge in [0.05, 0.1) is 30.8 Å². The van der Waals surface area contributed by atoms with Crippen molar-refractivity contribution in [2.24, 2.45) is 0 Å². The molecule has 1 aromatic heterocycles. The average molecular weight is 509 g/mol. The number of hydrogen-bond acceptors (Lipinski definition) is 4. The molecule has 5 rings (SSSR count). The highest BCUT2D eigenvalue weighted by Crippen LogP contribution is 2.39. The van der Waals surface area contributed by atoms with E-state index in [4.69, 9.17) is 9.47 Å². The number of nitrogens with zero attached hydrogens (tertiary/aromatic N) is 2. The molecule has 0 amide bonds. The summed E-state index contributed by atoms with van der Waals surface area (Å²) >= 11 is 0. The van der Waals surface area contributed by atoms with Gasteiger partial charge in [-0.2, -0.15) is 0 Å². The van der Waals surface area contributed by atoms with Crippen LogP contribution in [0.5, 0.6) is 11.5 Å². The second-order valence-corrected chi connectivity index (χ2v) is 10.5. The van der Waals surface area contributed by atoms with Gasteiger partial charge in [-0.05, 0) is 61.2 Å². The molecule has 1 aliphatic rings. The first-order chi connectivity index (χ1) is 17.4. The monoisotopic (exact) mass is 508 g/mol. The van der Waals surface area contributed by atoms with Crippen molar-refractivity contribution >= 4 is 21.8 Å². The number of methoxy groups -OCH3 is 1. The van der Waals surface area contributed by atoms with E-state index in [2.05, 4.69) is 0 Å². The third-order valence-corrected chi connectivity index (χ3v) is 7.37. The van der Waals surface area contributed by atoms with Crippen LogP contribution < -0.4 is 15.2 Å². The maximum absolute atomic E-state index is 14.6. The summed E-state index contributed by atoms with van der Waals surface area (Å²) in [5.41, 5.74) is 3.35. The topological polar surface area (TPSA) is 62.5 Å². The molecule has 8 heteroatoms. The molecule has 1 heterocycles. The number of hydrogen-bond donors (Lipinski definition) is 0. The SMILES string of the molecule is CCOc1cc([C@H](CS(C)=O)n2c(=O)n(C3CC3)c3cc(-c4ccccc4F)ccc32)ccc1OC. The number of ether oxygens (including phenoxy) is 2. The van der Waals surface area contributed by atoms with Crippen molar-refractivity contribution in [3.8, 4) is 22.6 Å². The Morgan fingerprint density at radius 2 is 1.83 bits per heavy atom. The molecule has 1 aliphatic carbocycles. The highest BCUT2D eigenvalue weighted by Gasteiger charge is 2.32. The number of halogens is 1. The van der Waals surface area contributed by atoms with E-state index in [1.807, 2.05) is 47.9 Å². The van der Waals surface area contributed by atoms with Crippen LogP contribution >= 0.6 is 0 Å². The van der Waals surface area contributed by atoms with Crippen molar-refractivity contribution < 1.29 is 18.1 Å². The molecular weight excluding hydrogens is 479 g/mol. The summed E-state index contributed by atoms with van der Waals surface area (Å²) in [5, 5.41) is 0. The van der Waals surface area contributed by atoms with Gasteiger partial charge in [0, 0.05) is 34.4 Å². The third-order valence-electron chi connectivity index (χ3n) is 6.58. The van der Waals surface area contributed by atoms with Gasteiger partial charge in [-0.15, -0.1) is 0 Å². The number of fused-ring (bicyclic) bond motifs is 1. The van der Waals surface area contributed by atoms with E-state index in [9.17, 15) is 13.4 Å². The van der Waals surface area contributed by atoms with Gasteiger partial charge in [0.25, 0.3) is 0 Å². The number of rotatable bonds is 9. The maximum atomic E-state index is 14.6. The molecule has 36 heavy (non-hydrogen) atoms. The van der Waals surface area contributed by atoms with E-state index in [0.29, 0.717) is 29.2 Å². The predicted molar refractivity (Wildman–Crippen MR) is 141 cm³/mol. The van der Waals surface area contributed by atoms with Crippen LogP contribution in [0.3, 0.4) is 0 Å². The van der Waals surface area contributed by atoms with Crippen molar-refractivity contribution in [2.75, 3.05) is 25.7 Å². The quantitative estimate of drug-likeness (QED) is 0.307. The van der Waals surface area contributed by atoms with Crippen LogP contribution in [-0.4, -0.2) is 39.1 Å². The maximum Gasteiger partial charge on any atom is 0.329 e. The first-order valence-corrected chi connectivity index (χ1v) is 13.8. The summed E-state index contributed by atoms with van der Waals surface area (Å²) in [7, 11) is 0.401. The first-order valence-electron chi connectivity index (χ1n) is 12.0. The van der Waals surface area contributed by atoms with Gasteiger partial charge < -0.3 is 9.47 Å². The minimum atomic E-state index is -1.18. The second-order valence-electron chi connectivity index (χ2n) is 9.04. The van der Waals surface area contributed by atoms with Gasteiger partial charge in [0.2, 0.25) is 0 Å². The van der Waals surface area contributed by atoms with Crippen molar-refractivity contribution in [3.05, 3.63) is 82.5 Å². The minimum Gasteiger partial charge on any atom is -0.493 e. The molecule has 0 aliphatic heterocycles. The lowest BCUT2D eigenvalue weighted by Crippen LogP contribution is -2.30. The molecule has 0 saturated heterocycles. The van der Waals surface area contributed by atoms with Crippen molar-refractivity contribution in [2.45, 2.75) is 31.8 Å².